The Morgan fingerprint density at radius 2 is 1.88 bits per heavy atom. The van der Waals surface area contributed by atoms with E-state index in [-0.39, 0.29) is 5.56 Å². The Balaban J connectivity index is 2.61. The van der Waals surface area contributed by atoms with Crippen molar-refractivity contribution in [2.24, 2.45) is 0 Å². The van der Waals surface area contributed by atoms with Gasteiger partial charge in [0.2, 0.25) is 5.82 Å². The molecule has 0 saturated carbocycles. The molecule has 0 spiro atoms. The molecule has 0 bridgehead atoms. The maximum Gasteiger partial charge on any atom is 0.200 e. The van der Waals surface area contributed by atoms with Crippen LogP contribution in [0.1, 0.15) is 5.56 Å². The van der Waals surface area contributed by atoms with Gasteiger partial charge in [0.25, 0.3) is 0 Å². The minimum atomic E-state index is -1.24. The Labute approximate surface area is 91.2 Å². The third-order valence-electron chi connectivity index (χ3n) is 2.25. The van der Waals surface area contributed by atoms with E-state index in [9.17, 15) is 8.78 Å². The molecule has 0 aliphatic carbocycles. The number of nitrogens with zero attached hydrogens (tertiary/aromatic N) is 1. The molecule has 0 aliphatic heterocycles. The number of hydrogen-bond acceptors (Lipinski definition) is 2. The van der Waals surface area contributed by atoms with E-state index >= 15 is 0 Å². The number of phenolic OH excluding ortho intramolecular Hbond substituents is 1. The molecule has 1 aromatic heterocycles. The average Bonchev–Trinajstić information content (AvgIpc) is 2.26. The van der Waals surface area contributed by atoms with Crippen molar-refractivity contribution in [3.63, 3.8) is 0 Å². The SMILES string of the molecule is Cc1cncc(-c2ccc(O)c(F)c2F)c1. The lowest BCUT2D eigenvalue weighted by atomic mass is 10.1. The number of aromatic nitrogens is 1. The van der Waals surface area contributed by atoms with Crippen molar-refractivity contribution < 1.29 is 13.9 Å². The monoisotopic (exact) mass is 221 g/mol. The van der Waals surface area contributed by atoms with E-state index in [1.54, 1.807) is 12.3 Å². The predicted octanol–water partition coefficient (Wildman–Crippen LogP) is 3.04. The first-order chi connectivity index (χ1) is 7.59. The van der Waals surface area contributed by atoms with Gasteiger partial charge in [0.15, 0.2) is 11.6 Å². The molecular formula is C12H9F2NO. The zero-order valence-corrected chi connectivity index (χ0v) is 8.54. The van der Waals surface area contributed by atoms with E-state index in [1.165, 1.54) is 12.3 Å². The normalized spacial score (nSPS) is 10.4. The van der Waals surface area contributed by atoms with Crippen LogP contribution in [0.2, 0.25) is 0 Å². The average molecular weight is 221 g/mol. The molecule has 0 aliphatic rings. The quantitative estimate of drug-likeness (QED) is 0.802. The molecule has 0 amide bonds. The molecule has 16 heavy (non-hydrogen) atoms. The fourth-order valence-electron chi connectivity index (χ4n) is 1.46. The lowest BCUT2D eigenvalue weighted by Crippen LogP contribution is -1.91. The summed E-state index contributed by atoms with van der Waals surface area (Å²) in [5.74, 6) is -2.99. The largest absolute Gasteiger partial charge is 0.505 e. The molecule has 1 aromatic carbocycles. The Morgan fingerprint density at radius 1 is 1.12 bits per heavy atom. The van der Waals surface area contributed by atoms with Gasteiger partial charge in [0, 0.05) is 23.5 Å². The van der Waals surface area contributed by atoms with Gasteiger partial charge in [-0.3, -0.25) is 4.98 Å². The summed E-state index contributed by atoms with van der Waals surface area (Å²) in [6.07, 6.45) is 3.07. The zero-order chi connectivity index (χ0) is 11.7. The van der Waals surface area contributed by atoms with Crippen molar-refractivity contribution in [1.29, 1.82) is 0 Å². The zero-order valence-electron chi connectivity index (χ0n) is 8.54. The van der Waals surface area contributed by atoms with Crippen LogP contribution in [0.4, 0.5) is 8.78 Å². The van der Waals surface area contributed by atoms with Crippen LogP contribution in [-0.4, -0.2) is 10.1 Å². The van der Waals surface area contributed by atoms with E-state index in [2.05, 4.69) is 4.98 Å². The maximum atomic E-state index is 13.5. The van der Waals surface area contributed by atoms with Crippen molar-refractivity contribution in [2.75, 3.05) is 0 Å². The van der Waals surface area contributed by atoms with Crippen molar-refractivity contribution in [1.82, 2.24) is 4.98 Å². The third-order valence-corrected chi connectivity index (χ3v) is 2.25. The summed E-state index contributed by atoms with van der Waals surface area (Å²) >= 11 is 0. The third kappa shape index (κ3) is 1.74. The number of aryl methyl sites for hydroxylation is 1. The van der Waals surface area contributed by atoms with Crippen molar-refractivity contribution >= 4 is 0 Å². The lowest BCUT2D eigenvalue weighted by molar-refractivity contribution is 0.408. The molecule has 0 unspecified atom stereocenters. The Kier molecular flexibility index (Phi) is 2.56. The van der Waals surface area contributed by atoms with Crippen LogP contribution in [0.25, 0.3) is 11.1 Å². The van der Waals surface area contributed by atoms with Gasteiger partial charge in [-0.15, -0.1) is 0 Å². The van der Waals surface area contributed by atoms with E-state index in [1.807, 2.05) is 6.92 Å². The highest BCUT2D eigenvalue weighted by atomic mass is 19.2. The van der Waals surface area contributed by atoms with Crippen molar-refractivity contribution in [2.45, 2.75) is 6.92 Å². The Hall–Kier alpha value is -1.97. The second kappa shape index (κ2) is 3.89. The number of phenols is 1. The van der Waals surface area contributed by atoms with E-state index in [0.29, 0.717) is 5.56 Å². The van der Waals surface area contributed by atoms with Crippen LogP contribution in [0.5, 0.6) is 5.75 Å². The summed E-state index contributed by atoms with van der Waals surface area (Å²) in [4.78, 5) is 3.90. The van der Waals surface area contributed by atoms with Gasteiger partial charge in [-0.1, -0.05) is 0 Å². The molecule has 2 nitrogen and oxygen atoms in total. The molecule has 2 rings (SSSR count). The Bertz CT molecular complexity index is 541. The maximum absolute atomic E-state index is 13.5. The fraction of sp³-hybridized carbons (Fsp3) is 0.0833. The van der Waals surface area contributed by atoms with Crippen molar-refractivity contribution in [3.8, 4) is 16.9 Å². The summed E-state index contributed by atoms with van der Waals surface area (Å²) in [5.41, 5.74) is 1.42. The predicted molar refractivity (Wildman–Crippen MR) is 56.0 cm³/mol. The molecule has 4 heteroatoms. The minimum absolute atomic E-state index is 0.0894. The molecule has 1 N–H and O–H groups in total. The molecule has 2 aromatic rings. The van der Waals surface area contributed by atoms with Crippen LogP contribution >= 0.6 is 0 Å². The molecule has 82 valence electrons. The number of halogens is 2. The van der Waals surface area contributed by atoms with Crippen LogP contribution in [0, 0.1) is 18.6 Å². The summed E-state index contributed by atoms with van der Waals surface area (Å²) in [5, 5.41) is 9.00. The molecule has 1 heterocycles. The van der Waals surface area contributed by atoms with Gasteiger partial charge < -0.3 is 5.11 Å². The lowest BCUT2D eigenvalue weighted by Gasteiger charge is -2.05. The summed E-state index contributed by atoms with van der Waals surface area (Å²) in [7, 11) is 0. The smallest absolute Gasteiger partial charge is 0.200 e. The molecule has 0 fully saturated rings. The van der Waals surface area contributed by atoms with Gasteiger partial charge in [-0.25, -0.2) is 4.39 Å². The second-order valence-electron chi connectivity index (χ2n) is 3.51. The molecular weight excluding hydrogens is 212 g/mol. The highest BCUT2D eigenvalue weighted by Gasteiger charge is 2.14. The first-order valence-electron chi connectivity index (χ1n) is 4.68. The highest BCUT2D eigenvalue weighted by Crippen LogP contribution is 2.28. The second-order valence-corrected chi connectivity index (χ2v) is 3.51. The molecule has 0 radical (unpaired) electrons. The number of pyridine rings is 1. The number of aromatic hydroxyl groups is 1. The van der Waals surface area contributed by atoms with Gasteiger partial charge in [0.1, 0.15) is 0 Å². The minimum Gasteiger partial charge on any atom is -0.505 e. The first-order valence-corrected chi connectivity index (χ1v) is 4.68. The van der Waals surface area contributed by atoms with Crippen LogP contribution in [0.15, 0.2) is 30.6 Å². The Morgan fingerprint density at radius 3 is 2.56 bits per heavy atom. The topological polar surface area (TPSA) is 33.1 Å². The highest BCUT2D eigenvalue weighted by molar-refractivity contribution is 5.64. The van der Waals surface area contributed by atoms with Crippen molar-refractivity contribution in [3.05, 3.63) is 47.8 Å². The van der Waals surface area contributed by atoms with Crippen LogP contribution in [-0.2, 0) is 0 Å². The van der Waals surface area contributed by atoms with Gasteiger partial charge in [0.05, 0.1) is 0 Å². The summed E-state index contributed by atoms with van der Waals surface area (Å²) < 4.78 is 26.6. The summed E-state index contributed by atoms with van der Waals surface area (Å²) in [6.45, 7) is 1.81. The van der Waals surface area contributed by atoms with E-state index in [4.69, 9.17) is 5.11 Å². The number of hydrogen-bond donors (Lipinski definition) is 1. The first kappa shape index (κ1) is 10.5. The van der Waals surface area contributed by atoms with Crippen LogP contribution in [0.3, 0.4) is 0 Å². The molecule has 0 saturated heterocycles. The fourth-order valence-corrected chi connectivity index (χ4v) is 1.46. The van der Waals surface area contributed by atoms with Gasteiger partial charge in [-0.05, 0) is 30.7 Å². The van der Waals surface area contributed by atoms with Gasteiger partial charge >= 0.3 is 0 Å². The standard InChI is InChI=1S/C12H9F2NO/c1-7-4-8(6-15-5-7)9-2-3-10(16)12(14)11(9)13/h2-6,16H,1H3. The number of rotatable bonds is 1. The number of benzene rings is 1. The van der Waals surface area contributed by atoms with Crippen LogP contribution < -0.4 is 0 Å². The van der Waals surface area contributed by atoms with E-state index < -0.39 is 17.4 Å². The molecule has 0 atom stereocenters. The van der Waals surface area contributed by atoms with Gasteiger partial charge in [-0.2, -0.15) is 4.39 Å². The van der Waals surface area contributed by atoms with E-state index in [0.717, 1.165) is 11.6 Å². The summed E-state index contributed by atoms with van der Waals surface area (Å²) in [6, 6.07) is 4.14.